The number of methoxy groups -OCH3 is 1. The highest BCUT2D eigenvalue weighted by Gasteiger charge is 2.27. The lowest BCUT2D eigenvalue weighted by molar-refractivity contribution is -0.387. The van der Waals surface area contributed by atoms with Crippen molar-refractivity contribution in [1.29, 1.82) is 0 Å². The molecule has 0 radical (unpaired) electrons. The largest absolute Gasteiger partial charge is 0.497 e. The number of nitro benzene ring substituents is 1. The van der Waals surface area contributed by atoms with Crippen LogP contribution >= 0.6 is 12.4 Å². The van der Waals surface area contributed by atoms with Gasteiger partial charge in [0.05, 0.1) is 18.1 Å². The van der Waals surface area contributed by atoms with Gasteiger partial charge in [0.1, 0.15) is 5.75 Å². The van der Waals surface area contributed by atoms with E-state index in [0.29, 0.717) is 0 Å². The highest BCUT2D eigenvalue weighted by Crippen LogP contribution is 2.28. The van der Waals surface area contributed by atoms with Gasteiger partial charge in [-0.2, -0.15) is 0 Å². The van der Waals surface area contributed by atoms with Gasteiger partial charge >= 0.3 is 0 Å². The van der Waals surface area contributed by atoms with Crippen molar-refractivity contribution in [3.63, 3.8) is 0 Å². The second-order valence-electron chi connectivity index (χ2n) is 4.80. The van der Waals surface area contributed by atoms with E-state index in [2.05, 4.69) is 10.0 Å². The lowest BCUT2D eigenvalue weighted by Crippen LogP contribution is -2.30. The molecule has 1 saturated heterocycles. The first-order chi connectivity index (χ1) is 9.94. The number of hydrogen-bond acceptors (Lipinski definition) is 6. The molecule has 22 heavy (non-hydrogen) atoms. The van der Waals surface area contributed by atoms with E-state index in [1.54, 1.807) is 0 Å². The van der Waals surface area contributed by atoms with Gasteiger partial charge in [-0.25, -0.2) is 13.1 Å². The zero-order valence-electron chi connectivity index (χ0n) is 11.9. The molecule has 0 spiro atoms. The maximum Gasteiger partial charge on any atom is 0.293 e. The molecule has 2 rings (SSSR count). The average Bonchev–Trinajstić information content (AvgIpc) is 2.98. The Hall–Kier alpha value is -1.42. The zero-order chi connectivity index (χ0) is 15.5. The van der Waals surface area contributed by atoms with Crippen molar-refractivity contribution in [3.8, 4) is 5.75 Å². The third-order valence-electron chi connectivity index (χ3n) is 3.38. The smallest absolute Gasteiger partial charge is 0.293 e. The second-order valence-corrected chi connectivity index (χ2v) is 6.54. The van der Waals surface area contributed by atoms with Crippen LogP contribution in [0.15, 0.2) is 23.1 Å². The number of nitrogens with zero attached hydrogens (tertiary/aromatic N) is 1. The lowest BCUT2D eigenvalue weighted by Gasteiger charge is -2.11. The minimum atomic E-state index is -3.92. The molecule has 1 atom stereocenters. The summed E-state index contributed by atoms with van der Waals surface area (Å²) in [6.07, 6.45) is 0.882. The van der Waals surface area contributed by atoms with E-state index in [0.717, 1.165) is 25.6 Å². The van der Waals surface area contributed by atoms with Crippen LogP contribution in [0.5, 0.6) is 5.75 Å². The number of rotatable bonds is 6. The maximum atomic E-state index is 12.2. The van der Waals surface area contributed by atoms with Gasteiger partial charge in [0.15, 0.2) is 4.90 Å². The monoisotopic (exact) mass is 351 g/mol. The van der Waals surface area contributed by atoms with Gasteiger partial charge in [0, 0.05) is 6.54 Å². The summed E-state index contributed by atoms with van der Waals surface area (Å²) in [5, 5.41) is 14.2. The van der Waals surface area contributed by atoms with Crippen molar-refractivity contribution in [2.24, 2.45) is 5.92 Å². The summed E-state index contributed by atoms with van der Waals surface area (Å²) in [5.41, 5.74) is -0.494. The Bertz CT molecular complexity index is 632. The molecule has 1 aliphatic rings. The Kier molecular flexibility index (Phi) is 6.54. The minimum Gasteiger partial charge on any atom is -0.497 e. The number of nitrogens with one attached hydrogen (secondary N) is 2. The fourth-order valence-corrected chi connectivity index (χ4v) is 3.45. The Morgan fingerprint density at radius 1 is 1.50 bits per heavy atom. The molecule has 0 aliphatic carbocycles. The van der Waals surface area contributed by atoms with Gasteiger partial charge in [0.2, 0.25) is 10.0 Å². The molecule has 2 N–H and O–H groups in total. The predicted molar refractivity (Wildman–Crippen MR) is 83.1 cm³/mol. The van der Waals surface area contributed by atoms with Crippen molar-refractivity contribution in [1.82, 2.24) is 10.0 Å². The third-order valence-corrected chi connectivity index (χ3v) is 4.85. The molecule has 1 aromatic rings. The van der Waals surface area contributed by atoms with E-state index in [-0.39, 0.29) is 35.5 Å². The van der Waals surface area contributed by atoms with E-state index < -0.39 is 20.6 Å². The standard InChI is InChI=1S/C12H17N3O5S.ClH/c1-20-10-2-3-12(11(6-10)15(16)17)21(18,19)14-8-9-4-5-13-7-9;/h2-3,6,9,13-14H,4-5,7-8H2,1H3;1H. The van der Waals surface area contributed by atoms with Crippen molar-refractivity contribution in [2.45, 2.75) is 11.3 Å². The Morgan fingerprint density at radius 2 is 2.23 bits per heavy atom. The fourth-order valence-electron chi connectivity index (χ4n) is 2.19. The molecule has 8 nitrogen and oxygen atoms in total. The van der Waals surface area contributed by atoms with Crippen molar-refractivity contribution < 1.29 is 18.1 Å². The van der Waals surface area contributed by atoms with E-state index in [9.17, 15) is 18.5 Å². The first-order valence-corrected chi connectivity index (χ1v) is 7.95. The number of benzene rings is 1. The molecular formula is C12H18ClN3O5S. The Morgan fingerprint density at radius 3 is 2.77 bits per heavy atom. The quantitative estimate of drug-likeness (QED) is 0.582. The average molecular weight is 352 g/mol. The summed E-state index contributed by atoms with van der Waals surface area (Å²) in [4.78, 5) is 9.97. The topological polar surface area (TPSA) is 111 Å². The van der Waals surface area contributed by atoms with Crippen LogP contribution in [-0.2, 0) is 10.0 Å². The SMILES string of the molecule is COc1ccc(S(=O)(=O)NCC2CCNC2)c([N+](=O)[O-])c1.Cl. The minimum absolute atomic E-state index is 0. The summed E-state index contributed by atoms with van der Waals surface area (Å²) < 4.78 is 31.8. The highest BCUT2D eigenvalue weighted by atomic mass is 35.5. The van der Waals surface area contributed by atoms with Crippen molar-refractivity contribution in [2.75, 3.05) is 26.7 Å². The molecule has 124 valence electrons. The fraction of sp³-hybridized carbons (Fsp3) is 0.500. The summed E-state index contributed by atoms with van der Waals surface area (Å²) in [7, 11) is -2.56. The normalized spacial score (nSPS) is 17.8. The zero-order valence-corrected chi connectivity index (χ0v) is 13.6. The summed E-state index contributed by atoms with van der Waals surface area (Å²) in [5.74, 6) is 0.442. The second kappa shape index (κ2) is 7.73. The first kappa shape index (κ1) is 18.6. The molecule has 1 heterocycles. The van der Waals surface area contributed by atoms with Gasteiger partial charge < -0.3 is 10.1 Å². The van der Waals surface area contributed by atoms with Crippen LogP contribution in [-0.4, -0.2) is 40.1 Å². The molecule has 0 amide bonds. The summed E-state index contributed by atoms with van der Waals surface area (Å²) >= 11 is 0. The molecular weight excluding hydrogens is 334 g/mol. The van der Waals surface area contributed by atoms with E-state index >= 15 is 0 Å². The first-order valence-electron chi connectivity index (χ1n) is 6.47. The van der Waals surface area contributed by atoms with Crippen molar-refractivity contribution >= 4 is 28.1 Å². The van der Waals surface area contributed by atoms with E-state index in [1.165, 1.54) is 19.2 Å². The van der Waals surface area contributed by atoms with Crippen LogP contribution < -0.4 is 14.8 Å². The summed E-state index contributed by atoms with van der Waals surface area (Å²) in [6.45, 7) is 1.86. The summed E-state index contributed by atoms with van der Waals surface area (Å²) in [6, 6.07) is 3.68. The number of sulfonamides is 1. The van der Waals surface area contributed by atoms with Crippen LogP contribution in [0.3, 0.4) is 0 Å². The predicted octanol–water partition coefficient (Wildman–Crippen LogP) is 0.913. The van der Waals surface area contributed by atoms with Gasteiger partial charge in [-0.3, -0.25) is 10.1 Å². The van der Waals surface area contributed by atoms with Crippen LogP contribution in [0.2, 0.25) is 0 Å². The molecule has 10 heteroatoms. The number of hydrogen-bond donors (Lipinski definition) is 2. The van der Waals surface area contributed by atoms with Crippen LogP contribution in [0.4, 0.5) is 5.69 Å². The highest BCUT2D eigenvalue weighted by molar-refractivity contribution is 7.89. The molecule has 0 saturated carbocycles. The number of ether oxygens (including phenoxy) is 1. The van der Waals surface area contributed by atoms with Gasteiger partial charge in [-0.15, -0.1) is 12.4 Å². The van der Waals surface area contributed by atoms with Crippen molar-refractivity contribution in [3.05, 3.63) is 28.3 Å². The van der Waals surface area contributed by atoms with Gasteiger partial charge in [-0.05, 0) is 37.6 Å². The Labute approximate surface area is 134 Å². The van der Waals surface area contributed by atoms with E-state index in [4.69, 9.17) is 4.74 Å². The number of nitro groups is 1. The van der Waals surface area contributed by atoms with E-state index in [1.807, 2.05) is 0 Å². The Balaban J connectivity index is 0.00000242. The molecule has 1 unspecified atom stereocenters. The number of halogens is 1. The van der Waals surface area contributed by atoms with Gasteiger partial charge in [0.25, 0.3) is 5.69 Å². The van der Waals surface area contributed by atoms with Crippen LogP contribution in [0, 0.1) is 16.0 Å². The molecule has 1 aliphatic heterocycles. The molecule has 0 bridgehead atoms. The third kappa shape index (κ3) is 4.29. The molecule has 0 aromatic heterocycles. The molecule has 1 aromatic carbocycles. The molecule has 1 fully saturated rings. The van der Waals surface area contributed by atoms with Gasteiger partial charge in [-0.1, -0.05) is 0 Å². The maximum absolute atomic E-state index is 12.2. The lowest BCUT2D eigenvalue weighted by atomic mass is 10.1. The van der Waals surface area contributed by atoms with Crippen LogP contribution in [0.25, 0.3) is 0 Å². The van der Waals surface area contributed by atoms with Crippen LogP contribution in [0.1, 0.15) is 6.42 Å².